The molecule has 2 N–H and O–H groups in total. The van der Waals surface area contributed by atoms with Gasteiger partial charge in [0.2, 0.25) is 0 Å². The zero-order chi connectivity index (χ0) is 11.8. The van der Waals surface area contributed by atoms with Gasteiger partial charge in [-0.1, -0.05) is 36.0 Å². The van der Waals surface area contributed by atoms with Gasteiger partial charge in [-0.15, -0.1) is 0 Å². The fraction of sp³-hybridized carbons (Fsp3) is 0.500. The van der Waals surface area contributed by atoms with Crippen LogP contribution in [0.25, 0.3) is 0 Å². The van der Waals surface area contributed by atoms with E-state index in [9.17, 15) is 0 Å². The molecule has 0 saturated carbocycles. The first-order chi connectivity index (χ1) is 7.74. The molecule has 90 valence electrons. The van der Waals surface area contributed by atoms with E-state index in [4.69, 9.17) is 33.7 Å². The van der Waals surface area contributed by atoms with E-state index in [2.05, 4.69) is 0 Å². The summed E-state index contributed by atoms with van der Waals surface area (Å²) in [5, 5.41) is 1.19. The minimum absolute atomic E-state index is 0.564. The molecular formula is C12H17Cl2NO. The van der Waals surface area contributed by atoms with Crippen LogP contribution in [0.3, 0.4) is 0 Å². The number of hydrogen-bond acceptors (Lipinski definition) is 2. The number of hydrogen-bond donors (Lipinski definition) is 1. The summed E-state index contributed by atoms with van der Waals surface area (Å²) in [7, 11) is 0. The standard InChI is InChI=1S/C12H17Cl2NO/c13-10-5-6-12(11(14)9-10)16-8-4-2-1-3-7-15/h5-6,9H,1-4,7-8,15H2. The van der Waals surface area contributed by atoms with Crippen molar-refractivity contribution in [1.82, 2.24) is 0 Å². The molecule has 0 aromatic heterocycles. The van der Waals surface area contributed by atoms with Gasteiger partial charge < -0.3 is 10.5 Å². The third-order valence-corrected chi connectivity index (χ3v) is 2.78. The Morgan fingerprint density at radius 3 is 2.50 bits per heavy atom. The van der Waals surface area contributed by atoms with Crippen LogP contribution >= 0.6 is 23.2 Å². The minimum atomic E-state index is 0.564. The lowest BCUT2D eigenvalue weighted by Crippen LogP contribution is -2.00. The van der Waals surface area contributed by atoms with Gasteiger partial charge in [0.1, 0.15) is 5.75 Å². The highest BCUT2D eigenvalue weighted by atomic mass is 35.5. The van der Waals surface area contributed by atoms with Crippen LogP contribution in [-0.2, 0) is 0 Å². The molecule has 0 aliphatic rings. The summed E-state index contributed by atoms with van der Waals surface area (Å²) in [6.07, 6.45) is 4.41. The molecule has 1 aromatic rings. The van der Waals surface area contributed by atoms with Gasteiger partial charge in [0.15, 0.2) is 0 Å². The van der Waals surface area contributed by atoms with E-state index in [1.807, 2.05) is 0 Å². The van der Waals surface area contributed by atoms with Crippen molar-refractivity contribution in [2.75, 3.05) is 13.2 Å². The van der Waals surface area contributed by atoms with Gasteiger partial charge in [0.05, 0.1) is 11.6 Å². The van der Waals surface area contributed by atoms with Crippen molar-refractivity contribution in [3.8, 4) is 5.75 Å². The molecule has 0 aliphatic carbocycles. The summed E-state index contributed by atoms with van der Waals surface area (Å²) in [6, 6.07) is 5.26. The average molecular weight is 262 g/mol. The van der Waals surface area contributed by atoms with Crippen molar-refractivity contribution in [1.29, 1.82) is 0 Å². The zero-order valence-corrected chi connectivity index (χ0v) is 10.7. The van der Waals surface area contributed by atoms with Crippen molar-refractivity contribution in [3.05, 3.63) is 28.2 Å². The van der Waals surface area contributed by atoms with E-state index in [-0.39, 0.29) is 0 Å². The van der Waals surface area contributed by atoms with Gasteiger partial charge in [0.25, 0.3) is 0 Å². The van der Waals surface area contributed by atoms with Crippen molar-refractivity contribution in [3.63, 3.8) is 0 Å². The van der Waals surface area contributed by atoms with Crippen LogP contribution in [0.5, 0.6) is 5.75 Å². The molecule has 2 nitrogen and oxygen atoms in total. The third-order valence-electron chi connectivity index (χ3n) is 2.25. The summed E-state index contributed by atoms with van der Waals surface area (Å²) in [6.45, 7) is 1.45. The Hall–Kier alpha value is -0.440. The molecule has 1 aromatic carbocycles. The van der Waals surface area contributed by atoms with Crippen LogP contribution in [-0.4, -0.2) is 13.2 Å². The highest BCUT2D eigenvalue weighted by Gasteiger charge is 2.01. The topological polar surface area (TPSA) is 35.2 Å². The van der Waals surface area contributed by atoms with Crippen LogP contribution in [0.4, 0.5) is 0 Å². The summed E-state index contributed by atoms with van der Waals surface area (Å²) in [4.78, 5) is 0. The van der Waals surface area contributed by atoms with Gasteiger partial charge in [-0.05, 0) is 37.6 Å². The molecule has 0 unspecified atom stereocenters. The maximum atomic E-state index is 5.97. The van der Waals surface area contributed by atoms with E-state index in [0.717, 1.165) is 32.2 Å². The van der Waals surface area contributed by atoms with Crippen LogP contribution in [0, 0.1) is 0 Å². The zero-order valence-electron chi connectivity index (χ0n) is 9.22. The van der Waals surface area contributed by atoms with Gasteiger partial charge in [-0.2, -0.15) is 0 Å². The molecule has 0 radical (unpaired) electrons. The molecule has 0 heterocycles. The Kier molecular flexibility index (Phi) is 6.62. The van der Waals surface area contributed by atoms with Gasteiger partial charge in [-0.25, -0.2) is 0 Å². The first-order valence-corrected chi connectivity index (χ1v) is 6.27. The number of ether oxygens (including phenoxy) is 1. The van der Waals surface area contributed by atoms with Crippen LogP contribution in [0.2, 0.25) is 10.0 Å². The quantitative estimate of drug-likeness (QED) is 0.756. The molecular weight excluding hydrogens is 245 g/mol. The van der Waals surface area contributed by atoms with Crippen molar-refractivity contribution < 1.29 is 4.74 Å². The Morgan fingerprint density at radius 1 is 1.06 bits per heavy atom. The normalized spacial score (nSPS) is 10.4. The fourth-order valence-corrected chi connectivity index (χ4v) is 1.84. The number of nitrogens with two attached hydrogens (primary N) is 1. The average Bonchev–Trinajstić information content (AvgIpc) is 2.26. The molecule has 0 amide bonds. The highest BCUT2D eigenvalue weighted by Crippen LogP contribution is 2.27. The second kappa shape index (κ2) is 7.77. The van der Waals surface area contributed by atoms with Crippen molar-refractivity contribution >= 4 is 23.2 Å². The number of benzene rings is 1. The Morgan fingerprint density at radius 2 is 1.81 bits per heavy atom. The molecule has 0 fully saturated rings. The van der Waals surface area contributed by atoms with Crippen molar-refractivity contribution in [2.24, 2.45) is 5.73 Å². The Balaban J connectivity index is 2.21. The first-order valence-electron chi connectivity index (χ1n) is 5.52. The summed E-state index contributed by atoms with van der Waals surface area (Å²) in [5.74, 6) is 0.699. The Labute approximate surface area is 107 Å². The van der Waals surface area contributed by atoms with Crippen molar-refractivity contribution in [2.45, 2.75) is 25.7 Å². The number of halogens is 2. The van der Waals surface area contributed by atoms with Gasteiger partial charge in [0, 0.05) is 5.02 Å². The van der Waals surface area contributed by atoms with Crippen LogP contribution in [0.1, 0.15) is 25.7 Å². The molecule has 0 atom stereocenters. The molecule has 0 bridgehead atoms. The predicted octanol–water partition coefficient (Wildman–Crippen LogP) is 3.89. The fourth-order valence-electron chi connectivity index (χ4n) is 1.37. The van der Waals surface area contributed by atoms with Gasteiger partial charge in [-0.3, -0.25) is 0 Å². The van der Waals surface area contributed by atoms with E-state index in [0.29, 0.717) is 22.4 Å². The summed E-state index contributed by atoms with van der Waals surface area (Å²) >= 11 is 11.7. The van der Waals surface area contributed by atoms with E-state index < -0.39 is 0 Å². The summed E-state index contributed by atoms with van der Waals surface area (Å²) < 4.78 is 5.55. The maximum Gasteiger partial charge on any atom is 0.137 e. The monoisotopic (exact) mass is 261 g/mol. The second-order valence-electron chi connectivity index (χ2n) is 3.63. The maximum absolute atomic E-state index is 5.97. The molecule has 0 saturated heterocycles. The van der Waals surface area contributed by atoms with E-state index >= 15 is 0 Å². The minimum Gasteiger partial charge on any atom is -0.492 e. The lowest BCUT2D eigenvalue weighted by atomic mass is 10.2. The number of rotatable bonds is 7. The molecule has 16 heavy (non-hydrogen) atoms. The molecule has 0 aliphatic heterocycles. The summed E-state index contributed by atoms with van der Waals surface area (Å²) in [5.41, 5.74) is 5.41. The molecule has 1 rings (SSSR count). The lowest BCUT2D eigenvalue weighted by Gasteiger charge is -2.07. The SMILES string of the molecule is NCCCCCCOc1ccc(Cl)cc1Cl. The van der Waals surface area contributed by atoms with E-state index in [1.54, 1.807) is 18.2 Å². The van der Waals surface area contributed by atoms with Gasteiger partial charge >= 0.3 is 0 Å². The first kappa shape index (κ1) is 13.6. The molecule has 0 spiro atoms. The second-order valence-corrected chi connectivity index (χ2v) is 4.47. The van der Waals surface area contributed by atoms with E-state index in [1.165, 1.54) is 0 Å². The predicted molar refractivity (Wildman–Crippen MR) is 69.5 cm³/mol. The Bertz CT molecular complexity index is 318. The smallest absolute Gasteiger partial charge is 0.137 e. The lowest BCUT2D eigenvalue weighted by molar-refractivity contribution is 0.305. The largest absolute Gasteiger partial charge is 0.492 e. The highest BCUT2D eigenvalue weighted by molar-refractivity contribution is 6.35. The molecule has 4 heteroatoms. The van der Waals surface area contributed by atoms with Crippen LogP contribution in [0.15, 0.2) is 18.2 Å². The third kappa shape index (κ3) is 5.06. The van der Waals surface area contributed by atoms with Crippen LogP contribution < -0.4 is 10.5 Å². The number of unbranched alkanes of at least 4 members (excludes halogenated alkanes) is 3.